The van der Waals surface area contributed by atoms with Gasteiger partial charge in [0.15, 0.2) is 0 Å². The van der Waals surface area contributed by atoms with Crippen LogP contribution in [0.5, 0.6) is 0 Å². The van der Waals surface area contributed by atoms with E-state index in [1.54, 1.807) is 0 Å². The number of thioether (sulfide) groups is 1. The van der Waals surface area contributed by atoms with E-state index in [-0.39, 0.29) is 11.4 Å². The number of primary amides is 1. The molecule has 5 N–H and O–H groups in total. The molecule has 23 heavy (non-hydrogen) atoms. The van der Waals surface area contributed by atoms with Crippen molar-refractivity contribution >= 4 is 29.2 Å². The Balaban J connectivity index is 1.73. The molecule has 1 aromatic carbocycles. The standard InChI is InChI=1S/C16H21N5OS/c17-14(19-7-10-21-8-3-4-9-21)13(15(18)22)16-20-11-5-1-2-6-12(11)23-16/h1-2,5-6,20H,3-4,7-10H2,(H2,17,19)(H2,18,22). The molecule has 0 aromatic heterocycles. The molecule has 6 nitrogen and oxygen atoms in total. The molecule has 2 heterocycles. The van der Waals surface area contributed by atoms with Crippen molar-refractivity contribution in [1.82, 2.24) is 4.90 Å². The Kier molecular flexibility index (Phi) is 4.88. The predicted octanol–water partition coefficient (Wildman–Crippen LogP) is 1.35. The van der Waals surface area contributed by atoms with E-state index in [1.165, 1.54) is 24.6 Å². The van der Waals surface area contributed by atoms with Gasteiger partial charge in [0.1, 0.15) is 11.4 Å². The first kappa shape index (κ1) is 15.9. The molecule has 3 rings (SSSR count). The number of hydrogen-bond donors (Lipinski definition) is 3. The van der Waals surface area contributed by atoms with Gasteiger partial charge in [-0.25, -0.2) is 0 Å². The van der Waals surface area contributed by atoms with Crippen LogP contribution in [0.25, 0.3) is 0 Å². The van der Waals surface area contributed by atoms with Gasteiger partial charge in [-0.1, -0.05) is 23.9 Å². The molecule has 0 bridgehead atoms. The Labute approximate surface area is 140 Å². The van der Waals surface area contributed by atoms with Crippen LogP contribution >= 0.6 is 11.8 Å². The fraction of sp³-hybridized carbons (Fsp3) is 0.375. The average molecular weight is 331 g/mol. The van der Waals surface area contributed by atoms with Gasteiger partial charge >= 0.3 is 0 Å². The van der Waals surface area contributed by atoms with E-state index in [4.69, 9.17) is 11.5 Å². The smallest absolute Gasteiger partial charge is 0.255 e. The Hall–Kier alpha value is -1.99. The van der Waals surface area contributed by atoms with Gasteiger partial charge in [0.25, 0.3) is 5.91 Å². The molecule has 0 spiro atoms. The maximum absolute atomic E-state index is 11.8. The number of nitrogens with zero attached hydrogens (tertiary/aromatic N) is 2. The first-order chi connectivity index (χ1) is 11.1. The third-order valence-corrected chi connectivity index (χ3v) is 5.06. The molecule has 1 saturated heterocycles. The summed E-state index contributed by atoms with van der Waals surface area (Å²) in [4.78, 5) is 19.6. The summed E-state index contributed by atoms with van der Waals surface area (Å²) in [7, 11) is 0. The zero-order chi connectivity index (χ0) is 16.2. The second kappa shape index (κ2) is 7.06. The van der Waals surface area contributed by atoms with Crippen LogP contribution in [0.2, 0.25) is 0 Å². The summed E-state index contributed by atoms with van der Waals surface area (Å²) in [5, 5.41) is 3.85. The maximum atomic E-state index is 11.8. The minimum absolute atomic E-state index is 0.208. The van der Waals surface area contributed by atoms with Crippen molar-refractivity contribution in [3.63, 3.8) is 0 Å². The molecule has 0 unspecified atom stereocenters. The minimum atomic E-state index is -0.560. The number of para-hydroxylation sites is 1. The van der Waals surface area contributed by atoms with Crippen LogP contribution in [-0.2, 0) is 4.79 Å². The number of benzene rings is 1. The number of carbonyl (C=O) groups is 1. The molecule has 2 aliphatic rings. The van der Waals surface area contributed by atoms with E-state index in [0.29, 0.717) is 11.6 Å². The zero-order valence-corrected chi connectivity index (χ0v) is 13.7. The second-order valence-electron chi connectivity index (χ2n) is 5.61. The van der Waals surface area contributed by atoms with Crippen molar-refractivity contribution in [1.29, 1.82) is 0 Å². The number of hydrogen-bond acceptors (Lipinski definition) is 5. The van der Waals surface area contributed by atoms with Crippen LogP contribution in [0, 0.1) is 0 Å². The molecule has 7 heteroatoms. The molecule has 1 amide bonds. The van der Waals surface area contributed by atoms with Crippen LogP contribution in [0.15, 0.2) is 44.8 Å². The number of carbonyl (C=O) groups excluding carboxylic acids is 1. The van der Waals surface area contributed by atoms with Crippen molar-refractivity contribution in [3.05, 3.63) is 34.9 Å². The summed E-state index contributed by atoms with van der Waals surface area (Å²) >= 11 is 1.46. The van der Waals surface area contributed by atoms with E-state index in [1.807, 2.05) is 24.3 Å². The van der Waals surface area contributed by atoms with Crippen molar-refractivity contribution in [2.45, 2.75) is 17.7 Å². The summed E-state index contributed by atoms with van der Waals surface area (Å²) in [6.07, 6.45) is 2.49. The predicted molar refractivity (Wildman–Crippen MR) is 94.3 cm³/mol. The third-order valence-electron chi connectivity index (χ3n) is 3.97. The first-order valence-corrected chi connectivity index (χ1v) is 8.57. The maximum Gasteiger partial charge on any atom is 0.255 e. The Bertz CT molecular complexity index is 637. The normalized spacial score (nSPS) is 20.3. The number of anilines is 1. The van der Waals surface area contributed by atoms with E-state index < -0.39 is 5.91 Å². The first-order valence-electron chi connectivity index (χ1n) is 7.76. The average Bonchev–Trinajstić information content (AvgIpc) is 3.15. The van der Waals surface area contributed by atoms with Gasteiger partial charge in [0, 0.05) is 11.4 Å². The largest absolute Gasteiger partial charge is 0.383 e. The highest BCUT2D eigenvalue weighted by Gasteiger charge is 2.24. The highest BCUT2D eigenvalue weighted by Crippen LogP contribution is 2.41. The molecule has 0 atom stereocenters. The van der Waals surface area contributed by atoms with Gasteiger partial charge < -0.3 is 21.7 Å². The van der Waals surface area contributed by atoms with E-state index in [2.05, 4.69) is 15.2 Å². The van der Waals surface area contributed by atoms with E-state index in [9.17, 15) is 4.79 Å². The molecule has 0 aliphatic carbocycles. The molecule has 1 fully saturated rings. The molecular weight excluding hydrogens is 310 g/mol. The SMILES string of the molecule is NC(=O)C(C(N)=NCCN1CCCC1)=C1Nc2ccccc2S1. The monoisotopic (exact) mass is 331 g/mol. The number of nitrogens with one attached hydrogen (secondary N) is 1. The summed E-state index contributed by atoms with van der Waals surface area (Å²) in [5.41, 5.74) is 12.8. The third kappa shape index (κ3) is 3.68. The number of fused-ring (bicyclic) bond motifs is 1. The van der Waals surface area contributed by atoms with Gasteiger partial charge in [-0.05, 0) is 38.1 Å². The van der Waals surface area contributed by atoms with Gasteiger partial charge in [0.05, 0.1) is 17.3 Å². The molecule has 122 valence electrons. The lowest BCUT2D eigenvalue weighted by Crippen LogP contribution is -2.30. The summed E-state index contributed by atoms with van der Waals surface area (Å²) in [6, 6.07) is 7.83. The molecule has 2 aliphatic heterocycles. The summed E-state index contributed by atoms with van der Waals surface area (Å²) in [6.45, 7) is 3.67. The van der Waals surface area contributed by atoms with Crippen LogP contribution < -0.4 is 16.8 Å². The van der Waals surface area contributed by atoms with Crippen molar-refractivity contribution < 1.29 is 4.79 Å². The number of nitrogens with two attached hydrogens (primary N) is 2. The number of rotatable bonds is 5. The number of aliphatic imine (C=N–C) groups is 1. The fourth-order valence-electron chi connectivity index (χ4n) is 2.78. The number of likely N-dealkylation sites (tertiary alicyclic amines) is 1. The summed E-state index contributed by atoms with van der Waals surface area (Å²) in [5.74, 6) is -0.352. The molecule has 1 aromatic rings. The Morgan fingerprint density at radius 3 is 2.70 bits per heavy atom. The number of amidine groups is 1. The lowest BCUT2D eigenvalue weighted by Gasteiger charge is -2.13. The van der Waals surface area contributed by atoms with Gasteiger partial charge in [-0.2, -0.15) is 0 Å². The van der Waals surface area contributed by atoms with Crippen molar-refractivity contribution in [2.24, 2.45) is 16.5 Å². The van der Waals surface area contributed by atoms with Crippen molar-refractivity contribution in [2.75, 3.05) is 31.5 Å². The Morgan fingerprint density at radius 2 is 2.00 bits per heavy atom. The lowest BCUT2D eigenvalue weighted by atomic mass is 10.2. The lowest BCUT2D eigenvalue weighted by molar-refractivity contribution is -0.114. The number of amides is 1. The zero-order valence-electron chi connectivity index (χ0n) is 12.9. The van der Waals surface area contributed by atoms with E-state index >= 15 is 0 Å². The topological polar surface area (TPSA) is 96.7 Å². The van der Waals surface area contributed by atoms with Crippen LogP contribution in [0.4, 0.5) is 5.69 Å². The second-order valence-corrected chi connectivity index (χ2v) is 6.66. The highest BCUT2D eigenvalue weighted by molar-refractivity contribution is 8.03. The van der Waals surface area contributed by atoms with Crippen LogP contribution in [-0.4, -0.2) is 42.8 Å². The molecule has 0 radical (unpaired) electrons. The Morgan fingerprint density at radius 1 is 1.26 bits per heavy atom. The van der Waals surface area contributed by atoms with Gasteiger partial charge in [-0.15, -0.1) is 0 Å². The highest BCUT2D eigenvalue weighted by atomic mass is 32.2. The van der Waals surface area contributed by atoms with Gasteiger partial charge in [0.2, 0.25) is 0 Å². The molecular formula is C16H21N5OS. The minimum Gasteiger partial charge on any atom is -0.383 e. The summed E-state index contributed by atoms with van der Waals surface area (Å²) < 4.78 is 0. The molecule has 0 saturated carbocycles. The van der Waals surface area contributed by atoms with Gasteiger partial charge in [-0.3, -0.25) is 9.79 Å². The fourth-order valence-corrected chi connectivity index (χ4v) is 3.85. The van der Waals surface area contributed by atoms with Crippen LogP contribution in [0.1, 0.15) is 12.8 Å². The van der Waals surface area contributed by atoms with Crippen LogP contribution in [0.3, 0.4) is 0 Å². The quantitative estimate of drug-likeness (QED) is 0.430. The van der Waals surface area contributed by atoms with E-state index in [0.717, 1.165) is 30.2 Å². The van der Waals surface area contributed by atoms with Crippen molar-refractivity contribution in [3.8, 4) is 0 Å².